The largest absolute Gasteiger partial charge is 0.431 e. The summed E-state index contributed by atoms with van der Waals surface area (Å²) in [4.78, 5) is 13.7. The van der Waals surface area contributed by atoms with Gasteiger partial charge in [-0.3, -0.25) is 4.79 Å². The van der Waals surface area contributed by atoms with Gasteiger partial charge in [0.1, 0.15) is 11.5 Å². The van der Waals surface area contributed by atoms with Crippen LogP contribution in [0.2, 0.25) is 0 Å². The zero-order valence-electron chi connectivity index (χ0n) is 8.95. The molecule has 2 aromatic rings. The molecule has 1 aromatic carbocycles. The molecule has 0 atom stereocenters. The zero-order chi connectivity index (χ0) is 13.7. The Balaban J connectivity index is 2.98. The summed E-state index contributed by atoms with van der Waals surface area (Å²) in [5, 5.41) is -0.118. The van der Waals surface area contributed by atoms with Crippen LogP contribution in [0.1, 0.15) is 11.3 Å². The van der Waals surface area contributed by atoms with E-state index >= 15 is 0 Å². The van der Waals surface area contributed by atoms with Crippen LogP contribution in [-0.2, 0) is 6.18 Å². The van der Waals surface area contributed by atoms with Gasteiger partial charge < -0.3 is 4.98 Å². The topological polar surface area (TPSA) is 32.9 Å². The highest BCUT2D eigenvalue weighted by Crippen LogP contribution is 2.31. The molecule has 0 aliphatic rings. The van der Waals surface area contributed by atoms with Crippen LogP contribution in [0.25, 0.3) is 10.9 Å². The number of benzene rings is 1. The molecule has 0 radical (unpaired) electrons. The summed E-state index contributed by atoms with van der Waals surface area (Å²) >= 11 is 2.98. The van der Waals surface area contributed by atoms with Crippen molar-refractivity contribution in [3.63, 3.8) is 0 Å². The molecule has 0 bridgehead atoms. The molecule has 0 amide bonds. The maximum absolute atomic E-state index is 13.6. The highest BCUT2D eigenvalue weighted by molar-refractivity contribution is 9.10. The van der Waals surface area contributed by atoms with Gasteiger partial charge in [-0.15, -0.1) is 0 Å². The Morgan fingerprint density at radius 1 is 1.28 bits per heavy atom. The van der Waals surface area contributed by atoms with Crippen LogP contribution in [0.3, 0.4) is 0 Å². The minimum Gasteiger partial charge on any atom is -0.348 e. The van der Waals surface area contributed by atoms with E-state index < -0.39 is 34.2 Å². The van der Waals surface area contributed by atoms with Gasteiger partial charge in [-0.2, -0.15) is 13.2 Å². The fourth-order valence-corrected chi connectivity index (χ4v) is 2.13. The van der Waals surface area contributed by atoms with Gasteiger partial charge in [0.05, 0.1) is 5.52 Å². The molecule has 7 heteroatoms. The van der Waals surface area contributed by atoms with E-state index in [0.29, 0.717) is 0 Å². The SMILES string of the molecule is Cc1c(C(F)(F)F)[nH]c2c(F)cc(Br)cc2c1=O. The number of fused-ring (bicyclic) bond motifs is 1. The number of aromatic amines is 1. The minimum atomic E-state index is -4.73. The number of rotatable bonds is 0. The second-order valence-corrected chi connectivity index (χ2v) is 4.68. The number of pyridine rings is 1. The molecule has 0 saturated carbocycles. The minimum absolute atomic E-state index is 0.118. The number of hydrogen-bond acceptors (Lipinski definition) is 1. The van der Waals surface area contributed by atoms with Crippen molar-refractivity contribution in [2.24, 2.45) is 0 Å². The van der Waals surface area contributed by atoms with E-state index in [1.165, 1.54) is 6.07 Å². The highest BCUT2D eigenvalue weighted by atomic mass is 79.9. The van der Waals surface area contributed by atoms with E-state index in [9.17, 15) is 22.4 Å². The van der Waals surface area contributed by atoms with E-state index in [2.05, 4.69) is 15.9 Å². The Morgan fingerprint density at radius 3 is 2.44 bits per heavy atom. The third-order valence-electron chi connectivity index (χ3n) is 2.55. The Hall–Kier alpha value is -1.37. The number of halogens is 5. The molecule has 0 unspecified atom stereocenters. The quantitative estimate of drug-likeness (QED) is 0.736. The average molecular weight is 324 g/mol. The zero-order valence-corrected chi connectivity index (χ0v) is 10.5. The lowest BCUT2D eigenvalue weighted by molar-refractivity contribution is -0.141. The predicted molar refractivity (Wildman–Crippen MR) is 62.0 cm³/mol. The Kier molecular flexibility index (Phi) is 2.96. The number of H-pyrrole nitrogens is 1. The van der Waals surface area contributed by atoms with E-state index in [1.54, 1.807) is 0 Å². The Bertz CT molecular complexity index is 690. The van der Waals surface area contributed by atoms with Crippen LogP contribution in [0.15, 0.2) is 21.4 Å². The molecule has 1 heterocycles. The van der Waals surface area contributed by atoms with Crippen molar-refractivity contribution in [2.45, 2.75) is 13.1 Å². The standard InChI is InChI=1S/C11H6BrF4NO/c1-4-9(18)6-2-5(12)3-7(13)8(6)17-10(4)11(14,15)16/h2-3H,1H3,(H,17,18). The second kappa shape index (κ2) is 4.08. The summed E-state index contributed by atoms with van der Waals surface area (Å²) in [5.41, 5.74) is -2.98. The summed E-state index contributed by atoms with van der Waals surface area (Å²) in [6.07, 6.45) is -4.73. The second-order valence-electron chi connectivity index (χ2n) is 3.76. The van der Waals surface area contributed by atoms with E-state index in [1.807, 2.05) is 4.98 Å². The van der Waals surface area contributed by atoms with Crippen LogP contribution in [0, 0.1) is 12.7 Å². The molecule has 0 aliphatic carbocycles. The van der Waals surface area contributed by atoms with Crippen LogP contribution < -0.4 is 5.43 Å². The number of hydrogen-bond donors (Lipinski definition) is 1. The molecule has 0 aliphatic heterocycles. The van der Waals surface area contributed by atoms with E-state index in [-0.39, 0.29) is 9.86 Å². The summed E-state index contributed by atoms with van der Waals surface area (Å²) in [6, 6.07) is 2.28. The number of alkyl halides is 3. The third kappa shape index (κ3) is 2.03. The maximum atomic E-state index is 13.6. The maximum Gasteiger partial charge on any atom is 0.431 e. The van der Waals surface area contributed by atoms with Crippen molar-refractivity contribution in [3.05, 3.63) is 43.9 Å². The molecule has 2 nitrogen and oxygen atoms in total. The summed E-state index contributed by atoms with van der Waals surface area (Å²) in [6.45, 7) is 1.06. The first kappa shape index (κ1) is 13.1. The molecule has 1 aromatic heterocycles. The molecular formula is C11H6BrF4NO. The van der Waals surface area contributed by atoms with Crippen molar-refractivity contribution in [1.82, 2.24) is 4.98 Å². The molecule has 0 saturated heterocycles. The van der Waals surface area contributed by atoms with Gasteiger partial charge in [-0.05, 0) is 19.1 Å². The van der Waals surface area contributed by atoms with Gasteiger partial charge in [0, 0.05) is 15.4 Å². The number of nitrogens with one attached hydrogen (secondary N) is 1. The van der Waals surface area contributed by atoms with Crippen LogP contribution in [0.4, 0.5) is 17.6 Å². The highest BCUT2D eigenvalue weighted by Gasteiger charge is 2.35. The first-order valence-corrected chi connectivity index (χ1v) is 5.60. The first-order chi connectivity index (χ1) is 8.21. The molecular weight excluding hydrogens is 318 g/mol. The molecule has 0 fully saturated rings. The van der Waals surface area contributed by atoms with Crippen molar-refractivity contribution in [1.29, 1.82) is 0 Å². The summed E-state index contributed by atoms with van der Waals surface area (Å²) in [5.74, 6) is -0.915. The third-order valence-corrected chi connectivity index (χ3v) is 3.01. The van der Waals surface area contributed by atoms with Crippen molar-refractivity contribution in [2.75, 3.05) is 0 Å². The Labute approximate surface area is 107 Å². The molecule has 96 valence electrons. The Morgan fingerprint density at radius 2 is 1.89 bits per heavy atom. The molecule has 2 rings (SSSR count). The van der Waals surface area contributed by atoms with Gasteiger partial charge in [0.2, 0.25) is 0 Å². The fraction of sp³-hybridized carbons (Fsp3) is 0.182. The van der Waals surface area contributed by atoms with Crippen LogP contribution in [-0.4, -0.2) is 4.98 Å². The normalized spacial score (nSPS) is 12.1. The van der Waals surface area contributed by atoms with Crippen LogP contribution >= 0.6 is 15.9 Å². The van der Waals surface area contributed by atoms with Crippen molar-refractivity contribution < 1.29 is 17.6 Å². The molecule has 0 spiro atoms. The molecule has 1 N–H and O–H groups in total. The van der Waals surface area contributed by atoms with Gasteiger partial charge in [-0.1, -0.05) is 15.9 Å². The lowest BCUT2D eigenvalue weighted by Gasteiger charge is -2.12. The number of aromatic nitrogens is 1. The van der Waals surface area contributed by atoms with Crippen molar-refractivity contribution in [3.8, 4) is 0 Å². The average Bonchev–Trinajstić information content (AvgIpc) is 2.22. The monoisotopic (exact) mass is 323 g/mol. The summed E-state index contributed by atoms with van der Waals surface area (Å²) < 4.78 is 51.8. The molecule has 18 heavy (non-hydrogen) atoms. The van der Waals surface area contributed by atoms with Gasteiger partial charge >= 0.3 is 6.18 Å². The fourth-order valence-electron chi connectivity index (χ4n) is 1.70. The lowest BCUT2D eigenvalue weighted by Crippen LogP contribution is -2.19. The predicted octanol–water partition coefficient (Wildman–Crippen LogP) is 3.76. The van der Waals surface area contributed by atoms with E-state index in [4.69, 9.17) is 0 Å². The lowest BCUT2D eigenvalue weighted by atomic mass is 10.1. The van der Waals surface area contributed by atoms with Gasteiger partial charge in [-0.25, -0.2) is 4.39 Å². The summed E-state index contributed by atoms with van der Waals surface area (Å²) in [7, 11) is 0. The van der Waals surface area contributed by atoms with Crippen molar-refractivity contribution >= 4 is 26.8 Å². The van der Waals surface area contributed by atoms with Gasteiger partial charge in [0.25, 0.3) is 0 Å². The van der Waals surface area contributed by atoms with Gasteiger partial charge in [0.15, 0.2) is 5.43 Å². The van der Waals surface area contributed by atoms with Crippen LogP contribution in [0.5, 0.6) is 0 Å². The smallest absolute Gasteiger partial charge is 0.348 e. The van der Waals surface area contributed by atoms with E-state index in [0.717, 1.165) is 13.0 Å². The first-order valence-electron chi connectivity index (χ1n) is 4.80.